The average molecular weight is 444 g/mol. The van der Waals surface area contributed by atoms with E-state index in [4.69, 9.17) is 5.10 Å². The Hall–Kier alpha value is -3.51. The second-order valence-corrected chi connectivity index (χ2v) is 9.85. The zero-order chi connectivity index (χ0) is 22.9. The predicted octanol–water partition coefficient (Wildman–Crippen LogP) is 3.82. The van der Waals surface area contributed by atoms with Gasteiger partial charge in [-0.3, -0.25) is 9.59 Å². The SMILES string of the molecule is Cc1cccc(-c2nn(-c3ccccc3)cc2C=c2sc(=CC(=O)C(C)(C)C)[nH]c2=O)c1. The summed E-state index contributed by atoms with van der Waals surface area (Å²) in [5.74, 6) is -0.0288. The van der Waals surface area contributed by atoms with Crippen molar-refractivity contribution in [2.75, 3.05) is 0 Å². The van der Waals surface area contributed by atoms with Gasteiger partial charge in [0.1, 0.15) is 5.69 Å². The molecule has 0 unspecified atom stereocenters. The Morgan fingerprint density at radius 3 is 2.53 bits per heavy atom. The Labute approximate surface area is 190 Å². The number of nitrogens with one attached hydrogen (secondary N) is 1. The van der Waals surface area contributed by atoms with Crippen LogP contribution in [0.15, 0.2) is 65.6 Å². The summed E-state index contributed by atoms with van der Waals surface area (Å²) < 4.78 is 2.90. The Morgan fingerprint density at radius 2 is 1.84 bits per heavy atom. The number of H-pyrrole nitrogens is 1. The minimum Gasteiger partial charge on any atom is -0.313 e. The van der Waals surface area contributed by atoms with Gasteiger partial charge in [0.15, 0.2) is 5.78 Å². The van der Waals surface area contributed by atoms with E-state index >= 15 is 0 Å². The number of rotatable bonds is 4. The molecule has 0 saturated carbocycles. The molecule has 0 radical (unpaired) electrons. The number of benzene rings is 2. The molecule has 0 spiro atoms. The number of aryl methyl sites for hydroxylation is 1. The van der Waals surface area contributed by atoms with Crippen molar-refractivity contribution >= 4 is 29.3 Å². The van der Waals surface area contributed by atoms with E-state index in [1.165, 1.54) is 17.4 Å². The molecular weight excluding hydrogens is 418 g/mol. The second-order valence-electron chi connectivity index (χ2n) is 8.77. The van der Waals surface area contributed by atoms with E-state index in [1.54, 1.807) is 0 Å². The predicted molar refractivity (Wildman–Crippen MR) is 130 cm³/mol. The zero-order valence-corrected chi connectivity index (χ0v) is 19.4. The van der Waals surface area contributed by atoms with Gasteiger partial charge >= 0.3 is 0 Å². The summed E-state index contributed by atoms with van der Waals surface area (Å²) in [6.07, 6.45) is 5.28. The van der Waals surface area contributed by atoms with Crippen LogP contribution < -0.4 is 14.8 Å². The molecule has 1 N–H and O–H groups in total. The van der Waals surface area contributed by atoms with Crippen molar-refractivity contribution in [1.29, 1.82) is 0 Å². The quantitative estimate of drug-likeness (QED) is 0.521. The van der Waals surface area contributed by atoms with Crippen molar-refractivity contribution in [2.24, 2.45) is 5.41 Å². The van der Waals surface area contributed by atoms with Gasteiger partial charge in [0.05, 0.1) is 14.9 Å². The molecule has 162 valence electrons. The van der Waals surface area contributed by atoms with Crippen molar-refractivity contribution in [2.45, 2.75) is 27.7 Å². The molecule has 0 saturated heterocycles. The van der Waals surface area contributed by atoms with E-state index in [9.17, 15) is 9.59 Å². The minimum atomic E-state index is -0.500. The summed E-state index contributed by atoms with van der Waals surface area (Å²) in [5, 5.41) is 4.82. The number of thiazole rings is 1. The molecule has 0 aliphatic rings. The highest BCUT2D eigenvalue weighted by atomic mass is 32.1. The Bertz CT molecular complexity index is 1450. The van der Waals surface area contributed by atoms with Crippen molar-refractivity contribution in [1.82, 2.24) is 14.8 Å². The second kappa shape index (κ2) is 8.55. The Kier molecular flexibility index (Phi) is 5.80. The van der Waals surface area contributed by atoms with Gasteiger partial charge in [-0.15, -0.1) is 11.3 Å². The lowest BCUT2D eigenvalue weighted by Crippen LogP contribution is -2.22. The normalized spacial score (nSPS) is 13.0. The molecule has 32 heavy (non-hydrogen) atoms. The summed E-state index contributed by atoms with van der Waals surface area (Å²) in [4.78, 5) is 27.8. The first-order valence-corrected chi connectivity index (χ1v) is 11.2. The standard InChI is InChI=1S/C26H25N3O2S/c1-17-9-8-10-18(13-17)24-19(16-29(28-24)20-11-6-5-7-12-20)14-21-25(31)27-23(32-21)15-22(30)26(2,3)4/h5-16H,1-4H3,(H,27,31). The number of hydrogen-bond donors (Lipinski definition) is 1. The van der Waals surface area contributed by atoms with Crippen molar-refractivity contribution < 1.29 is 4.79 Å². The molecule has 6 heteroatoms. The fourth-order valence-corrected chi connectivity index (χ4v) is 4.10. The van der Waals surface area contributed by atoms with Crippen LogP contribution in [-0.2, 0) is 4.79 Å². The molecule has 4 aromatic rings. The van der Waals surface area contributed by atoms with E-state index in [0.717, 1.165) is 28.1 Å². The number of aromatic nitrogens is 3. The van der Waals surface area contributed by atoms with Gasteiger partial charge in [-0.1, -0.05) is 62.7 Å². The molecule has 2 heterocycles. The van der Waals surface area contributed by atoms with E-state index in [1.807, 2.05) is 93.2 Å². The number of carbonyl (C=O) groups is 1. The lowest BCUT2D eigenvalue weighted by Gasteiger charge is -2.12. The fourth-order valence-electron chi connectivity index (χ4n) is 3.22. The summed E-state index contributed by atoms with van der Waals surface area (Å²) in [5.41, 5.74) is 3.96. The number of carbonyl (C=O) groups excluding carboxylic acids is 1. The van der Waals surface area contributed by atoms with Crippen LogP contribution in [0, 0.1) is 12.3 Å². The van der Waals surface area contributed by atoms with Gasteiger partial charge in [0.2, 0.25) is 0 Å². The first-order chi connectivity index (χ1) is 15.2. The number of Topliss-reactive ketones (excluding diaryl/α,β-unsaturated/α-hetero) is 1. The monoisotopic (exact) mass is 443 g/mol. The molecular formula is C26H25N3O2S. The van der Waals surface area contributed by atoms with Crippen LogP contribution in [0.5, 0.6) is 0 Å². The third kappa shape index (κ3) is 4.70. The van der Waals surface area contributed by atoms with Gasteiger partial charge < -0.3 is 4.98 Å². The summed E-state index contributed by atoms with van der Waals surface area (Å²) in [6.45, 7) is 7.61. The lowest BCUT2D eigenvalue weighted by molar-refractivity contribution is -0.119. The zero-order valence-electron chi connectivity index (χ0n) is 18.5. The van der Waals surface area contributed by atoms with Gasteiger partial charge in [-0.25, -0.2) is 4.68 Å². The average Bonchev–Trinajstić information content (AvgIpc) is 3.32. The molecule has 0 bridgehead atoms. The molecule has 0 aliphatic heterocycles. The number of para-hydroxylation sites is 1. The molecule has 5 nitrogen and oxygen atoms in total. The molecule has 0 amide bonds. The minimum absolute atomic E-state index is 0.0288. The van der Waals surface area contributed by atoms with Gasteiger partial charge in [-0.2, -0.15) is 5.10 Å². The first kappa shape index (κ1) is 21.7. The first-order valence-electron chi connectivity index (χ1n) is 10.4. The summed E-state index contributed by atoms with van der Waals surface area (Å²) in [7, 11) is 0. The molecule has 0 fully saturated rings. The highest BCUT2D eigenvalue weighted by Gasteiger charge is 2.18. The van der Waals surface area contributed by atoms with E-state index in [2.05, 4.69) is 11.1 Å². The van der Waals surface area contributed by atoms with Crippen LogP contribution in [0.2, 0.25) is 0 Å². The van der Waals surface area contributed by atoms with E-state index in [0.29, 0.717) is 9.20 Å². The molecule has 0 atom stereocenters. The van der Waals surface area contributed by atoms with Crippen LogP contribution in [0.3, 0.4) is 0 Å². The van der Waals surface area contributed by atoms with Crippen LogP contribution in [0.25, 0.3) is 29.1 Å². The van der Waals surface area contributed by atoms with E-state index in [-0.39, 0.29) is 11.3 Å². The summed E-state index contributed by atoms with van der Waals surface area (Å²) >= 11 is 1.27. The molecule has 2 aromatic heterocycles. The van der Waals surface area contributed by atoms with Gasteiger partial charge in [-0.05, 0) is 31.2 Å². The van der Waals surface area contributed by atoms with Crippen molar-refractivity contribution in [3.05, 3.63) is 91.5 Å². The van der Waals surface area contributed by atoms with Gasteiger partial charge in [0, 0.05) is 28.8 Å². The van der Waals surface area contributed by atoms with E-state index < -0.39 is 5.41 Å². The third-order valence-corrected chi connectivity index (χ3v) is 5.99. The highest BCUT2D eigenvalue weighted by molar-refractivity contribution is 7.07. The molecule has 0 aliphatic carbocycles. The van der Waals surface area contributed by atoms with Crippen molar-refractivity contribution in [3.63, 3.8) is 0 Å². The highest BCUT2D eigenvalue weighted by Crippen LogP contribution is 2.25. The van der Waals surface area contributed by atoms with Crippen LogP contribution in [-0.4, -0.2) is 20.5 Å². The topological polar surface area (TPSA) is 67.8 Å². The van der Waals surface area contributed by atoms with Crippen LogP contribution >= 0.6 is 11.3 Å². The third-order valence-electron chi connectivity index (χ3n) is 5.02. The number of ketones is 1. The van der Waals surface area contributed by atoms with Gasteiger partial charge in [0.25, 0.3) is 5.56 Å². The Balaban J connectivity index is 1.88. The fraction of sp³-hybridized carbons (Fsp3) is 0.192. The maximum Gasteiger partial charge on any atom is 0.266 e. The number of nitrogens with zero attached hydrogens (tertiary/aromatic N) is 2. The van der Waals surface area contributed by atoms with Crippen LogP contribution in [0.4, 0.5) is 0 Å². The van der Waals surface area contributed by atoms with Crippen molar-refractivity contribution in [3.8, 4) is 16.9 Å². The lowest BCUT2D eigenvalue weighted by atomic mass is 9.91. The summed E-state index contributed by atoms with van der Waals surface area (Å²) in [6, 6.07) is 18.0. The Morgan fingerprint density at radius 1 is 1.09 bits per heavy atom. The number of hydrogen-bond acceptors (Lipinski definition) is 4. The maximum atomic E-state index is 12.6. The maximum absolute atomic E-state index is 12.6. The smallest absolute Gasteiger partial charge is 0.266 e. The molecule has 4 rings (SSSR count). The van der Waals surface area contributed by atoms with Crippen LogP contribution in [0.1, 0.15) is 31.9 Å². The number of aromatic amines is 1. The molecule has 2 aromatic carbocycles. The largest absolute Gasteiger partial charge is 0.313 e.